The molecule has 0 heterocycles. The van der Waals surface area contributed by atoms with Crippen LogP contribution in [-0.4, -0.2) is 0 Å². The highest BCUT2D eigenvalue weighted by Crippen LogP contribution is 2.36. The van der Waals surface area contributed by atoms with Crippen LogP contribution in [0.1, 0.15) is 31.9 Å². The standard InChI is InChI=1S/C17H16ClNO/c1-17(2,3)13-7-4-5-9-16(13)20-15-10-6-8-14(18)12(15)11-19/h4-10H,1-3H3. The second-order valence-electron chi connectivity index (χ2n) is 5.57. The fourth-order valence-corrected chi connectivity index (χ4v) is 2.20. The maximum absolute atomic E-state index is 9.19. The molecule has 102 valence electrons. The molecule has 0 aromatic heterocycles. The third-order valence-electron chi connectivity index (χ3n) is 3.00. The van der Waals surface area contributed by atoms with E-state index in [0.29, 0.717) is 16.3 Å². The van der Waals surface area contributed by atoms with Crippen LogP contribution < -0.4 is 4.74 Å². The molecule has 0 saturated heterocycles. The van der Waals surface area contributed by atoms with Crippen LogP contribution in [0, 0.1) is 11.3 Å². The van der Waals surface area contributed by atoms with Crippen LogP contribution in [0.25, 0.3) is 0 Å². The zero-order valence-corrected chi connectivity index (χ0v) is 12.5. The van der Waals surface area contributed by atoms with Gasteiger partial charge in [-0.1, -0.05) is 56.6 Å². The van der Waals surface area contributed by atoms with Gasteiger partial charge in [0.1, 0.15) is 23.1 Å². The van der Waals surface area contributed by atoms with Gasteiger partial charge in [-0.15, -0.1) is 0 Å². The molecule has 0 unspecified atom stereocenters. The van der Waals surface area contributed by atoms with Gasteiger partial charge >= 0.3 is 0 Å². The van der Waals surface area contributed by atoms with Gasteiger partial charge < -0.3 is 4.74 Å². The summed E-state index contributed by atoms with van der Waals surface area (Å²) < 4.78 is 5.93. The number of para-hydroxylation sites is 1. The van der Waals surface area contributed by atoms with Gasteiger partial charge in [-0.3, -0.25) is 0 Å². The Morgan fingerprint density at radius 3 is 2.30 bits per heavy atom. The number of nitriles is 1. The Bertz CT molecular complexity index is 665. The molecule has 2 rings (SSSR count). The van der Waals surface area contributed by atoms with Crippen molar-refractivity contribution in [1.82, 2.24) is 0 Å². The van der Waals surface area contributed by atoms with E-state index in [4.69, 9.17) is 16.3 Å². The van der Waals surface area contributed by atoms with Crippen LogP contribution in [0.5, 0.6) is 11.5 Å². The first-order valence-corrected chi connectivity index (χ1v) is 6.77. The molecule has 0 atom stereocenters. The highest BCUT2D eigenvalue weighted by molar-refractivity contribution is 6.31. The molecule has 0 aliphatic carbocycles. The first-order valence-electron chi connectivity index (χ1n) is 6.39. The minimum absolute atomic E-state index is 0.0397. The zero-order valence-electron chi connectivity index (χ0n) is 11.8. The minimum Gasteiger partial charge on any atom is -0.456 e. The lowest BCUT2D eigenvalue weighted by molar-refractivity contribution is 0.454. The SMILES string of the molecule is CC(C)(C)c1ccccc1Oc1cccc(Cl)c1C#N. The van der Waals surface area contributed by atoms with Crippen molar-refractivity contribution in [1.29, 1.82) is 5.26 Å². The van der Waals surface area contributed by atoms with Crippen molar-refractivity contribution >= 4 is 11.6 Å². The average molecular weight is 286 g/mol. The van der Waals surface area contributed by atoms with Crippen molar-refractivity contribution in [3.8, 4) is 17.6 Å². The second-order valence-corrected chi connectivity index (χ2v) is 5.98. The minimum atomic E-state index is -0.0397. The van der Waals surface area contributed by atoms with Crippen molar-refractivity contribution < 1.29 is 4.74 Å². The van der Waals surface area contributed by atoms with Gasteiger partial charge in [-0.05, 0) is 23.6 Å². The lowest BCUT2D eigenvalue weighted by atomic mass is 9.86. The van der Waals surface area contributed by atoms with E-state index in [-0.39, 0.29) is 5.41 Å². The van der Waals surface area contributed by atoms with E-state index < -0.39 is 0 Å². The molecule has 2 aromatic rings. The molecule has 2 aromatic carbocycles. The fourth-order valence-electron chi connectivity index (χ4n) is 1.99. The van der Waals surface area contributed by atoms with Crippen LogP contribution >= 0.6 is 11.6 Å². The summed E-state index contributed by atoms with van der Waals surface area (Å²) in [4.78, 5) is 0. The number of benzene rings is 2. The molecule has 20 heavy (non-hydrogen) atoms. The van der Waals surface area contributed by atoms with E-state index in [1.54, 1.807) is 18.2 Å². The molecule has 0 radical (unpaired) electrons. The highest BCUT2D eigenvalue weighted by Gasteiger charge is 2.19. The maximum atomic E-state index is 9.19. The summed E-state index contributed by atoms with van der Waals surface area (Å²) >= 11 is 6.02. The quantitative estimate of drug-likeness (QED) is 0.750. The van der Waals surface area contributed by atoms with E-state index in [2.05, 4.69) is 26.8 Å². The topological polar surface area (TPSA) is 33.0 Å². The summed E-state index contributed by atoms with van der Waals surface area (Å²) in [7, 11) is 0. The smallest absolute Gasteiger partial charge is 0.146 e. The average Bonchev–Trinajstić information content (AvgIpc) is 2.38. The van der Waals surface area contributed by atoms with Crippen molar-refractivity contribution in [3.63, 3.8) is 0 Å². The monoisotopic (exact) mass is 285 g/mol. The van der Waals surface area contributed by atoms with Crippen molar-refractivity contribution in [3.05, 3.63) is 58.6 Å². The lowest BCUT2D eigenvalue weighted by Gasteiger charge is -2.22. The summed E-state index contributed by atoms with van der Waals surface area (Å²) in [5.41, 5.74) is 1.41. The first-order chi connectivity index (χ1) is 9.43. The van der Waals surface area contributed by atoms with Crippen molar-refractivity contribution in [2.75, 3.05) is 0 Å². The summed E-state index contributed by atoms with van der Waals surface area (Å²) in [5, 5.41) is 9.59. The lowest BCUT2D eigenvalue weighted by Crippen LogP contribution is -2.12. The van der Waals surface area contributed by atoms with Crippen LogP contribution in [0.4, 0.5) is 0 Å². The van der Waals surface area contributed by atoms with Gasteiger partial charge in [-0.25, -0.2) is 0 Å². The number of rotatable bonds is 2. The normalized spacial score (nSPS) is 10.9. The third kappa shape index (κ3) is 2.95. The van der Waals surface area contributed by atoms with Crippen LogP contribution in [0.15, 0.2) is 42.5 Å². The Kier molecular flexibility index (Phi) is 4.01. The van der Waals surface area contributed by atoms with Crippen LogP contribution in [0.3, 0.4) is 0 Å². The Morgan fingerprint density at radius 2 is 1.65 bits per heavy atom. The van der Waals surface area contributed by atoms with Crippen LogP contribution in [0.2, 0.25) is 5.02 Å². The number of hydrogen-bond acceptors (Lipinski definition) is 2. The second kappa shape index (κ2) is 5.56. The molecule has 0 fully saturated rings. The van der Waals surface area contributed by atoms with Gasteiger partial charge in [0.15, 0.2) is 0 Å². The molecule has 0 spiro atoms. The summed E-state index contributed by atoms with van der Waals surface area (Å²) in [6.45, 7) is 6.37. The largest absolute Gasteiger partial charge is 0.456 e. The number of halogens is 1. The van der Waals surface area contributed by atoms with E-state index in [1.165, 1.54) is 0 Å². The summed E-state index contributed by atoms with van der Waals surface area (Å²) in [6.07, 6.45) is 0. The van der Waals surface area contributed by atoms with Crippen molar-refractivity contribution in [2.24, 2.45) is 0 Å². The van der Waals surface area contributed by atoms with Gasteiger partial charge in [-0.2, -0.15) is 5.26 Å². The molecular weight excluding hydrogens is 270 g/mol. The van der Waals surface area contributed by atoms with Crippen LogP contribution in [-0.2, 0) is 5.41 Å². The van der Waals surface area contributed by atoms with E-state index in [1.807, 2.05) is 24.3 Å². The molecule has 0 saturated carbocycles. The number of hydrogen-bond donors (Lipinski definition) is 0. The predicted molar refractivity (Wildman–Crippen MR) is 81.4 cm³/mol. The van der Waals surface area contributed by atoms with Gasteiger partial charge in [0.05, 0.1) is 5.02 Å². The molecule has 3 heteroatoms. The summed E-state index contributed by atoms with van der Waals surface area (Å²) in [6, 6.07) is 15.1. The molecule has 0 bridgehead atoms. The van der Waals surface area contributed by atoms with Gasteiger partial charge in [0.25, 0.3) is 0 Å². The molecule has 0 N–H and O–H groups in total. The fraction of sp³-hybridized carbons (Fsp3) is 0.235. The third-order valence-corrected chi connectivity index (χ3v) is 3.32. The van der Waals surface area contributed by atoms with E-state index >= 15 is 0 Å². The van der Waals surface area contributed by atoms with Gasteiger partial charge in [0.2, 0.25) is 0 Å². The number of nitrogens with zero attached hydrogens (tertiary/aromatic N) is 1. The number of ether oxygens (including phenoxy) is 1. The van der Waals surface area contributed by atoms with Gasteiger partial charge in [0, 0.05) is 5.56 Å². The molecular formula is C17H16ClNO. The van der Waals surface area contributed by atoms with E-state index in [9.17, 15) is 5.26 Å². The molecule has 2 nitrogen and oxygen atoms in total. The Morgan fingerprint density at radius 1 is 1.00 bits per heavy atom. The Balaban J connectivity index is 2.47. The first kappa shape index (κ1) is 14.4. The Labute approximate surface area is 124 Å². The predicted octanol–water partition coefficient (Wildman–Crippen LogP) is 5.30. The molecule has 0 amide bonds. The zero-order chi connectivity index (χ0) is 14.8. The molecule has 0 aliphatic heterocycles. The summed E-state index contributed by atoms with van der Waals surface area (Å²) in [5.74, 6) is 1.23. The maximum Gasteiger partial charge on any atom is 0.146 e. The Hall–Kier alpha value is -1.98. The molecule has 0 aliphatic rings. The van der Waals surface area contributed by atoms with Crippen molar-refractivity contribution in [2.45, 2.75) is 26.2 Å². The van der Waals surface area contributed by atoms with E-state index in [0.717, 1.165) is 11.3 Å². The highest BCUT2D eigenvalue weighted by atomic mass is 35.5.